The molecule has 0 saturated carbocycles. The summed E-state index contributed by atoms with van der Waals surface area (Å²) in [5, 5.41) is 1.16. The molecule has 0 unspecified atom stereocenters. The maximum absolute atomic E-state index is 6.19. The Morgan fingerprint density at radius 3 is 1.69 bits per heavy atom. The molecule has 0 heterocycles. The van der Waals surface area contributed by atoms with Gasteiger partial charge in [-0.1, -0.05) is 52.2 Å². The predicted octanol–water partition coefficient (Wildman–Crippen LogP) is 5.09. The molecule has 0 fully saturated rings. The van der Waals surface area contributed by atoms with Crippen LogP contribution in [0.25, 0.3) is 0 Å². The molecule has 0 saturated heterocycles. The van der Waals surface area contributed by atoms with Crippen LogP contribution in [0.2, 0.25) is 39.3 Å². The van der Waals surface area contributed by atoms with Crippen molar-refractivity contribution in [1.29, 1.82) is 0 Å². The van der Waals surface area contributed by atoms with Gasteiger partial charge in [0.15, 0.2) is 0 Å². The van der Waals surface area contributed by atoms with E-state index < -0.39 is 16.4 Å². The third kappa shape index (κ3) is 10.8. The first kappa shape index (κ1) is 16.3. The van der Waals surface area contributed by atoms with Crippen molar-refractivity contribution in [3.05, 3.63) is 10.8 Å². The van der Waals surface area contributed by atoms with Crippen LogP contribution in [0.3, 0.4) is 0 Å². The maximum Gasteiger partial charge on any atom is 0.242 e. The molecule has 0 atom stereocenters. The van der Waals surface area contributed by atoms with Gasteiger partial charge in [-0.3, -0.25) is 0 Å². The van der Waals surface area contributed by atoms with Gasteiger partial charge in [0.2, 0.25) is 8.32 Å². The normalized spacial score (nSPS) is 15.2. The zero-order chi connectivity index (χ0) is 13.2. The highest BCUT2D eigenvalue weighted by atomic mass is 32.2. The first-order chi connectivity index (χ1) is 6.79. The van der Waals surface area contributed by atoms with Crippen LogP contribution in [0.5, 0.6) is 0 Å². The van der Waals surface area contributed by atoms with Crippen LogP contribution in [0.1, 0.15) is 20.8 Å². The summed E-state index contributed by atoms with van der Waals surface area (Å²) >= 11 is 1.86. The molecule has 0 aromatic heterocycles. The summed E-state index contributed by atoms with van der Waals surface area (Å²) in [4.78, 5) is 0. The summed E-state index contributed by atoms with van der Waals surface area (Å²) in [6.45, 7) is 20.5. The van der Waals surface area contributed by atoms with E-state index in [9.17, 15) is 0 Å². The Hall–Kier alpha value is 0.324. The summed E-state index contributed by atoms with van der Waals surface area (Å²) in [6, 6.07) is 0. The fourth-order valence-corrected chi connectivity index (χ4v) is 5.40. The molecule has 0 spiro atoms. The van der Waals surface area contributed by atoms with E-state index in [1.165, 1.54) is 0 Å². The van der Waals surface area contributed by atoms with E-state index in [4.69, 9.17) is 4.43 Å². The lowest BCUT2D eigenvalue weighted by Gasteiger charge is -2.28. The largest absolute Gasteiger partial charge is 0.540 e. The second-order valence-electron chi connectivity index (χ2n) is 7.26. The first-order valence-electron chi connectivity index (χ1n) is 5.89. The lowest BCUT2D eigenvalue weighted by Crippen LogP contribution is -2.27. The van der Waals surface area contributed by atoms with Crippen molar-refractivity contribution in [3.8, 4) is 0 Å². The van der Waals surface area contributed by atoms with Gasteiger partial charge in [0.1, 0.15) is 5.09 Å². The van der Waals surface area contributed by atoms with E-state index in [0.29, 0.717) is 0 Å². The Morgan fingerprint density at radius 1 is 1.00 bits per heavy atom. The fourth-order valence-electron chi connectivity index (χ4n) is 1.04. The molecule has 0 aliphatic carbocycles. The third-order valence-corrected chi connectivity index (χ3v) is 4.70. The van der Waals surface area contributed by atoms with Gasteiger partial charge in [0.05, 0.1) is 8.07 Å². The molecular formula is C12H28OSSi2. The van der Waals surface area contributed by atoms with Gasteiger partial charge in [-0.05, 0) is 25.3 Å². The monoisotopic (exact) mass is 276 g/mol. The summed E-state index contributed by atoms with van der Waals surface area (Å²) < 4.78 is 6.41. The van der Waals surface area contributed by atoms with Crippen LogP contribution in [-0.2, 0) is 4.43 Å². The molecule has 0 rings (SSSR count). The standard InChI is InChI=1S/C12H28OSSi2/c1-12(2,3)14-11(10-15(4,5)6)13-16(7,8)9/h10H,1-9H3/b11-10-. The van der Waals surface area contributed by atoms with Crippen LogP contribution < -0.4 is 0 Å². The minimum atomic E-state index is -1.49. The van der Waals surface area contributed by atoms with E-state index in [2.05, 4.69) is 65.8 Å². The number of hydrogen-bond acceptors (Lipinski definition) is 2. The molecule has 0 amide bonds. The SMILES string of the molecule is CC(C)(C)S/C(=C\[Si](C)(C)C)O[Si](C)(C)C. The average molecular weight is 277 g/mol. The molecule has 0 radical (unpaired) electrons. The minimum Gasteiger partial charge on any atom is -0.540 e. The fraction of sp³-hybridized carbons (Fsp3) is 0.833. The third-order valence-electron chi connectivity index (χ3n) is 1.36. The summed E-state index contributed by atoms with van der Waals surface area (Å²) in [5.74, 6) is 0. The molecule has 16 heavy (non-hydrogen) atoms. The zero-order valence-electron chi connectivity index (χ0n) is 12.4. The Bertz CT molecular complexity index is 236. The van der Waals surface area contributed by atoms with Crippen molar-refractivity contribution in [2.75, 3.05) is 0 Å². The van der Waals surface area contributed by atoms with Crippen molar-refractivity contribution in [2.24, 2.45) is 0 Å². The van der Waals surface area contributed by atoms with Gasteiger partial charge in [-0.2, -0.15) is 0 Å². The molecule has 1 nitrogen and oxygen atoms in total. The van der Waals surface area contributed by atoms with Crippen LogP contribution >= 0.6 is 11.8 Å². The molecule has 96 valence electrons. The van der Waals surface area contributed by atoms with Crippen molar-refractivity contribution in [2.45, 2.75) is 64.8 Å². The Kier molecular flexibility index (Phi) is 5.42. The predicted molar refractivity (Wildman–Crippen MR) is 83.2 cm³/mol. The Labute approximate surface area is 108 Å². The van der Waals surface area contributed by atoms with Crippen molar-refractivity contribution < 1.29 is 4.43 Å². The summed E-state index contributed by atoms with van der Waals surface area (Å²) in [6.07, 6.45) is 0. The number of thioether (sulfide) groups is 1. The summed E-state index contributed by atoms with van der Waals surface area (Å²) in [7, 11) is -2.69. The van der Waals surface area contributed by atoms with Gasteiger partial charge in [-0.15, -0.1) is 0 Å². The molecule has 0 aliphatic rings. The van der Waals surface area contributed by atoms with E-state index in [0.717, 1.165) is 5.09 Å². The van der Waals surface area contributed by atoms with E-state index in [-0.39, 0.29) is 4.75 Å². The first-order valence-corrected chi connectivity index (χ1v) is 13.7. The molecule has 0 aromatic rings. The van der Waals surface area contributed by atoms with Gasteiger partial charge >= 0.3 is 0 Å². The lowest BCUT2D eigenvalue weighted by atomic mass is 10.3. The number of rotatable bonds is 4. The van der Waals surface area contributed by atoms with Crippen LogP contribution in [0.15, 0.2) is 10.8 Å². The number of hydrogen-bond donors (Lipinski definition) is 0. The van der Waals surface area contributed by atoms with E-state index >= 15 is 0 Å². The van der Waals surface area contributed by atoms with Crippen molar-refractivity contribution >= 4 is 28.2 Å². The van der Waals surface area contributed by atoms with Gasteiger partial charge in [0, 0.05) is 4.75 Å². The maximum atomic E-state index is 6.19. The van der Waals surface area contributed by atoms with E-state index in [1.807, 2.05) is 11.8 Å². The average Bonchev–Trinajstić information content (AvgIpc) is 1.70. The highest BCUT2D eigenvalue weighted by Gasteiger charge is 2.24. The van der Waals surface area contributed by atoms with Gasteiger partial charge in [-0.25, -0.2) is 0 Å². The van der Waals surface area contributed by atoms with Gasteiger partial charge < -0.3 is 4.43 Å². The van der Waals surface area contributed by atoms with Crippen LogP contribution in [0.4, 0.5) is 0 Å². The van der Waals surface area contributed by atoms with Gasteiger partial charge in [0.25, 0.3) is 0 Å². The lowest BCUT2D eigenvalue weighted by molar-refractivity contribution is 0.463. The second kappa shape index (κ2) is 5.31. The van der Waals surface area contributed by atoms with Crippen molar-refractivity contribution in [1.82, 2.24) is 0 Å². The highest BCUT2D eigenvalue weighted by molar-refractivity contribution is 8.04. The Morgan fingerprint density at radius 2 is 1.44 bits per heavy atom. The molecule has 4 heteroatoms. The summed E-state index contributed by atoms with van der Waals surface area (Å²) in [5.41, 5.74) is 2.39. The quantitative estimate of drug-likeness (QED) is 0.522. The van der Waals surface area contributed by atoms with Crippen molar-refractivity contribution in [3.63, 3.8) is 0 Å². The molecule has 0 aromatic carbocycles. The smallest absolute Gasteiger partial charge is 0.242 e. The topological polar surface area (TPSA) is 9.23 Å². The highest BCUT2D eigenvalue weighted by Crippen LogP contribution is 2.34. The molecule has 0 aliphatic heterocycles. The molecule has 0 bridgehead atoms. The Balaban J connectivity index is 4.87. The van der Waals surface area contributed by atoms with E-state index in [1.54, 1.807) is 0 Å². The van der Waals surface area contributed by atoms with Crippen LogP contribution in [0, 0.1) is 0 Å². The molecule has 0 N–H and O–H groups in total. The second-order valence-corrected chi connectivity index (χ2v) is 18.5. The molecular weight excluding hydrogens is 248 g/mol. The zero-order valence-corrected chi connectivity index (χ0v) is 15.2. The van der Waals surface area contributed by atoms with Crippen LogP contribution in [-0.4, -0.2) is 21.1 Å². The minimum absolute atomic E-state index is 0.227.